The highest BCUT2D eigenvalue weighted by Gasteiger charge is 2.23. The van der Waals surface area contributed by atoms with Crippen LogP contribution >= 0.6 is 0 Å². The molecule has 0 aliphatic rings. The molecule has 1 aromatic rings. The van der Waals surface area contributed by atoms with E-state index >= 15 is 0 Å². The first-order valence-corrected chi connectivity index (χ1v) is 9.59. The van der Waals surface area contributed by atoms with Gasteiger partial charge < -0.3 is 0 Å². The van der Waals surface area contributed by atoms with Gasteiger partial charge in [-0.3, -0.25) is 0 Å². The Balaban J connectivity index is 2.92. The van der Waals surface area contributed by atoms with Crippen LogP contribution in [0.5, 0.6) is 0 Å². The molecule has 0 aromatic heterocycles. The summed E-state index contributed by atoms with van der Waals surface area (Å²) in [7, 11) is -3.34. The van der Waals surface area contributed by atoms with Crippen LogP contribution in [-0.2, 0) is 16.4 Å². The summed E-state index contributed by atoms with van der Waals surface area (Å²) in [5.41, 5.74) is 1.20. The summed E-state index contributed by atoms with van der Waals surface area (Å²) in [6, 6.07) is 7.39. The molecule has 0 amide bonds. The molecule has 0 fully saturated rings. The van der Waals surface area contributed by atoms with E-state index in [4.69, 9.17) is 0 Å². The Morgan fingerprint density at radius 1 is 0.857 bits per heavy atom. The predicted molar refractivity (Wildman–Crippen MR) is 89.0 cm³/mol. The minimum Gasteiger partial charge on any atom is -0.207 e. The molecule has 0 aliphatic heterocycles. The lowest BCUT2D eigenvalue weighted by atomic mass is 10.1. The fraction of sp³-hybridized carbons (Fsp3) is 0.647. The van der Waals surface area contributed by atoms with Gasteiger partial charge in [0, 0.05) is 13.1 Å². The van der Waals surface area contributed by atoms with Gasteiger partial charge in [-0.25, -0.2) is 8.42 Å². The molecule has 4 heteroatoms. The number of nitrogens with zero attached hydrogens (tertiary/aromatic N) is 1. The molecule has 3 nitrogen and oxygen atoms in total. The van der Waals surface area contributed by atoms with Gasteiger partial charge in [0.05, 0.1) is 4.90 Å². The van der Waals surface area contributed by atoms with Gasteiger partial charge in [0.25, 0.3) is 0 Å². The highest BCUT2D eigenvalue weighted by Crippen LogP contribution is 2.18. The van der Waals surface area contributed by atoms with Crippen molar-refractivity contribution in [2.24, 2.45) is 0 Å². The minimum atomic E-state index is -3.34. The van der Waals surface area contributed by atoms with E-state index in [1.165, 1.54) is 5.56 Å². The Kier molecular flexibility index (Phi) is 7.97. The lowest BCUT2D eigenvalue weighted by Gasteiger charge is -2.22. The topological polar surface area (TPSA) is 37.4 Å². The Morgan fingerprint density at radius 3 is 1.81 bits per heavy atom. The molecule has 0 radical (unpaired) electrons. The summed E-state index contributed by atoms with van der Waals surface area (Å²) in [4.78, 5) is 0.426. The molecule has 0 saturated heterocycles. The van der Waals surface area contributed by atoms with Gasteiger partial charge >= 0.3 is 0 Å². The number of benzene rings is 1. The van der Waals surface area contributed by atoms with E-state index in [-0.39, 0.29) is 0 Å². The summed E-state index contributed by atoms with van der Waals surface area (Å²) in [6.45, 7) is 7.54. The van der Waals surface area contributed by atoms with E-state index in [2.05, 4.69) is 20.8 Å². The SMILES string of the molecule is CCCCN(CCCC)S(=O)(=O)c1ccc(CCC)cc1. The molecule has 0 saturated carbocycles. The second-order valence-corrected chi connectivity index (χ2v) is 7.44. The lowest BCUT2D eigenvalue weighted by Crippen LogP contribution is -2.33. The first-order chi connectivity index (χ1) is 10.1. The maximum absolute atomic E-state index is 12.7. The molecule has 0 bridgehead atoms. The fourth-order valence-electron chi connectivity index (χ4n) is 2.29. The van der Waals surface area contributed by atoms with Crippen LogP contribution in [0, 0.1) is 0 Å². The number of rotatable bonds is 10. The maximum Gasteiger partial charge on any atom is 0.243 e. The summed E-state index contributed by atoms with van der Waals surface area (Å²) in [5.74, 6) is 0. The third-order valence-corrected chi connectivity index (χ3v) is 5.53. The average Bonchev–Trinajstić information content (AvgIpc) is 2.48. The lowest BCUT2D eigenvalue weighted by molar-refractivity contribution is 0.395. The van der Waals surface area contributed by atoms with Crippen LogP contribution in [0.3, 0.4) is 0 Å². The molecular weight excluding hydrogens is 282 g/mol. The summed E-state index contributed by atoms with van der Waals surface area (Å²) in [6.07, 6.45) is 5.91. The molecule has 0 spiro atoms. The van der Waals surface area contributed by atoms with Gasteiger partial charge in [-0.05, 0) is 37.0 Å². The average molecular weight is 311 g/mol. The Labute approximate surface area is 130 Å². The first kappa shape index (κ1) is 18.2. The van der Waals surface area contributed by atoms with Crippen LogP contribution in [0.2, 0.25) is 0 Å². The highest BCUT2D eigenvalue weighted by atomic mass is 32.2. The zero-order valence-corrected chi connectivity index (χ0v) is 14.5. The standard InChI is InChI=1S/C17H29NO2S/c1-4-7-14-18(15-8-5-2)21(19,20)17-12-10-16(9-6-3)11-13-17/h10-13H,4-9,14-15H2,1-3H3. The zero-order chi connectivity index (χ0) is 15.7. The summed E-state index contributed by atoms with van der Waals surface area (Å²) < 4.78 is 27.1. The van der Waals surface area contributed by atoms with E-state index in [9.17, 15) is 8.42 Å². The van der Waals surface area contributed by atoms with Crippen molar-refractivity contribution in [2.75, 3.05) is 13.1 Å². The largest absolute Gasteiger partial charge is 0.243 e. The van der Waals surface area contributed by atoms with Crippen LogP contribution in [0.1, 0.15) is 58.4 Å². The van der Waals surface area contributed by atoms with Crippen LogP contribution in [-0.4, -0.2) is 25.8 Å². The van der Waals surface area contributed by atoms with E-state index < -0.39 is 10.0 Å². The molecule has 0 aliphatic carbocycles. The smallest absolute Gasteiger partial charge is 0.207 e. The van der Waals surface area contributed by atoms with Crippen molar-refractivity contribution in [3.05, 3.63) is 29.8 Å². The Morgan fingerprint density at radius 2 is 1.38 bits per heavy atom. The summed E-state index contributed by atoms with van der Waals surface area (Å²) >= 11 is 0. The number of hydrogen-bond donors (Lipinski definition) is 0. The van der Waals surface area contributed by atoms with Crippen molar-refractivity contribution in [2.45, 2.75) is 64.2 Å². The van der Waals surface area contributed by atoms with E-state index in [1.54, 1.807) is 16.4 Å². The Bertz CT molecular complexity index is 486. The quantitative estimate of drug-likeness (QED) is 0.648. The van der Waals surface area contributed by atoms with Crippen LogP contribution in [0.25, 0.3) is 0 Å². The fourth-order valence-corrected chi connectivity index (χ4v) is 3.80. The first-order valence-electron chi connectivity index (χ1n) is 8.15. The number of sulfonamides is 1. The Hall–Kier alpha value is -0.870. The van der Waals surface area contributed by atoms with Crippen molar-refractivity contribution in [3.63, 3.8) is 0 Å². The van der Waals surface area contributed by atoms with E-state index in [0.29, 0.717) is 18.0 Å². The molecule has 21 heavy (non-hydrogen) atoms. The van der Waals surface area contributed by atoms with Crippen LogP contribution in [0.4, 0.5) is 0 Å². The van der Waals surface area contributed by atoms with Crippen LogP contribution < -0.4 is 0 Å². The van der Waals surface area contributed by atoms with Gasteiger partial charge in [-0.1, -0.05) is 52.2 Å². The third kappa shape index (κ3) is 5.44. The van der Waals surface area contributed by atoms with Crippen molar-refractivity contribution in [1.29, 1.82) is 0 Å². The molecule has 0 heterocycles. The van der Waals surface area contributed by atoms with Crippen LogP contribution in [0.15, 0.2) is 29.2 Å². The van der Waals surface area contributed by atoms with Gasteiger partial charge in [-0.15, -0.1) is 0 Å². The molecule has 0 unspecified atom stereocenters. The van der Waals surface area contributed by atoms with Crippen molar-refractivity contribution < 1.29 is 8.42 Å². The van der Waals surface area contributed by atoms with Gasteiger partial charge in [-0.2, -0.15) is 4.31 Å². The van der Waals surface area contributed by atoms with Crippen molar-refractivity contribution in [1.82, 2.24) is 4.31 Å². The highest BCUT2D eigenvalue weighted by molar-refractivity contribution is 7.89. The maximum atomic E-state index is 12.7. The molecule has 1 aromatic carbocycles. The third-order valence-electron chi connectivity index (χ3n) is 3.62. The summed E-state index contributed by atoms with van der Waals surface area (Å²) in [5, 5.41) is 0. The molecule has 120 valence electrons. The number of aryl methyl sites for hydroxylation is 1. The predicted octanol–water partition coefficient (Wildman–Crippen LogP) is 4.23. The van der Waals surface area contributed by atoms with Crippen molar-refractivity contribution >= 4 is 10.0 Å². The van der Waals surface area contributed by atoms with E-state index in [1.807, 2.05) is 12.1 Å². The van der Waals surface area contributed by atoms with E-state index in [0.717, 1.165) is 38.5 Å². The molecule has 0 N–H and O–H groups in total. The molecular formula is C17H29NO2S. The second kappa shape index (κ2) is 9.21. The zero-order valence-electron chi connectivity index (χ0n) is 13.6. The van der Waals surface area contributed by atoms with Gasteiger partial charge in [0.15, 0.2) is 0 Å². The van der Waals surface area contributed by atoms with Gasteiger partial charge in [0.2, 0.25) is 10.0 Å². The monoisotopic (exact) mass is 311 g/mol. The second-order valence-electron chi connectivity index (χ2n) is 5.51. The molecule has 0 atom stereocenters. The van der Waals surface area contributed by atoms with Crippen molar-refractivity contribution in [3.8, 4) is 0 Å². The van der Waals surface area contributed by atoms with Gasteiger partial charge in [0.1, 0.15) is 0 Å². The number of hydrogen-bond acceptors (Lipinski definition) is 2. The number of unbranched alkanes of at least 4 members (excludes halogenated alkanes) is 2. The normalized spacial score (nSPS) is 12.0. The molecule has 1 rings (SSSR count). The minimum absolute atomic E-state index is 0.426.